The van der Waals surface area contributed by atoms with Gasteiger partial charge in [0.25, 0.3) is 5.91 Å². The summed E-state index contributed by atoms with van der Waals surface area (Å²) in [6.45, 7) is 6.25. The van der Waals surface area contributed by atoms with Crippen LogP contribution in [0.3, 0.4) is 0 Å². The average molecular weight is 374 g/mol. The van der Waals surface area contributed by atoms with E-state index in [2.05, 4.69) is 10.4 Å². The summed E-state index contributed by atoms with van der Waals surface area (Å²) in [4.78, 5) is 25.7. The van der Waals surface area contributed by atoms with Crippen molar-refractivity contribution in [2.75, 3.05) is 7.05 Å². The highest BCUT2D eigenvalue weighted by atomic mass is 19.4. The van der Waals surface area contributed by atoms with E-state index >= 15 is 0 Å². The molecule has 146 valence electrons. The highest BCUT2D eigenvalue weighted by Crippen LogP contribution is 2.28. The molecule has 6 nitrogen and oxygen atoms in total. The average Bonchev–Trinajstić information content (AvgIpc) is 2.80. The third kappa shape index (κ3) is 4.56. The number of aromatic nitrogens is 2. The highest BCUT2D eigenvalue weighted by Gasteiger charge is 2.37. The molecule has 1 aliphatic rings. The summed E-state index contributed by atoms with van der Waals surface area (Å²) in [6, 6.07) is -0.226. The second kappa shape index (κ2) is 7.67. The Labute approximate surface area is 150 Å². The quantitative estimate of drug-likeness (QED) is 0.832. The fraction of sp³-hybridized carbons (Fsp3) is 0.706. The largest absolute Gasteiger partial charge is 0.389 e. The van der Waals surface area contributed by atoms with Crippen molar-refractivity contribution in [1.82, 2.24) is 20.0 Å². The number of amides is 2. The number of nitrogens with zero attached hydrogens (tertiary/aromatic N) is 3. The van der Waals surface area contributed by atoms with Crippen LogP contribution in [0, 0.1) is 13.8 Å². The number of hydrogen-bond acceptors (Lipinski definition) is 3. The third-order valence-corrected chi connectivity index (χ3v) is 4.92. The lowest BCUT2D eigenvalue weighted by Crippen LogP contribution is -2.54. The molecule has 2 amide bonds. The zero-order chi connectivity index (χ0) is 19.6. The van der Waals surface area contributed by atoms with Crippen LogP contribution in [0.1, 0.15) is 54.4 Å². The monoisotopic (exact) mass is 374 g/mol. The van der Waals surface area contributed by atoms with E-state index < -0.39 is 24.9 Å². The Hall–Kier alpha value is -2.06. The standard InChI is InChI=1S/C17H25F3N4O2/c1-5-24-11(3)15(10(2)22-24)16(26)21-12-8-13(9-12)23(4)14(25)6-7-17(18,19)20/h12-13H,5-9H2,1-4H3,(H,21,26). The van der Waals surface area contributed by atoms with E-state index in [0.29, 0.717) is 30.6 Å². The number of rotatable bonds is 6. The maximum Gasteiger partial charge on any atom is 0.389 e. The van der Waals surface area contributed by atoms with Crippen LogP contribution in [0.25, 0.3) is 0 Å². The first-order chi connectivity index (χ1) is 12.0. The Kier molecular flexibility index (Phi) is 5.98. The van der Waals surface area contributed by atoms with E-state index in [4.69, 9.17) is 0 Å². The molecule has 0 aliphatic heterocycles. The van der Waals surface area contributed by atoms with E-state index in [9.17, 15) is 22.8 Å². The highest BCUT2D eigenvalue weighted by molar-refractivity contribution is 5.96. The van der Waals surface area contributed by atoms with Crippen molar-refractivity contribution in [1.29, 1.82) is 0 Å². The SMILES string of the molecule is CCn1nc(C)c(C(=O)NC2CC(N(C)C(=O)CCC(F)(F)F)C2)c1C. The van der Waals surface area contributed by atoms with Crippen LogP contribution in [-0.4, -0.2) is 51.8 Å². The lowest BCUT2D eigenvalue weighted by molar-refractivity contribution is -0.150. The van der Waals surface area contributed by atoms with Gasteiger partial charge in [-0.15, -0.1) is 0 Å². The third-order valence-electron chi connectivity index (χ3n) is 4.92. The van der Waals surface area contributed by atoms with Crippen molar-refractivity contribution < 1.29 is 22.8 Å². The lowest BCUT2D eigenvalue weighted by atomic mass is 9.85. The van der Waals surface area contributed by atoms with Crippen molar-refractivity contribution in [3.63, 3.8) is 0 Å². The van der Waals surface area contributed by atoms with Crippen LogP contribution in [0.2, 0.25) is 0 Å². The number of hydrogen-bond donors (Lipinski definition) is 1. The van der Waals surface area contributed by atoms with Crippen molar-refractivity contribution in [2.45, 2.75) is 71.3 Å². The normalized spacial score (nSPS) is 19.8. The summed E-state index contributed by atoms with van der Waals surface area (Å²) >= 11 is 0. The summed E-state index contributed by atoms with van der Waals surface area (Å²) in [5.41, 5.74) is 2.03. The molecular formula is C17H25F3N4O2. The minimum atomic E-state index is -4.33. The van der Waals surface area contributed by atoms with Gasteiger partial charge in [-0.3, -0.25) is 14.3 Å². The van der Waals surface area contributed by atoms with E-state index in [1.807, 2.05) is 13.8 Å². The van der Waals surface area contributed by atoms with E-state index in [-0.39, 0.29) is 18.0 Å². The Morgan fingerprint density at radius 3 is 2.42 bits per heavy atom. The van der Waals surface area contributed by atoms with E-state index in [1.54, 1.807) is 11.6 Å². The number of halogens is 3. The van der Waals surface area contributed by atoms with Gasteiger partial charge in [0, 0.05) is 37.8 Å². The molecule has 0 unspecified atom stereocenters. The van der Waals surface area contributed by atoms with Crippen LogP contribution >= 0.6 is 0 Å². The van der Waals surface area contributed by atoms with Crippen LogP contribution in [0.5, 0.6) is 0 Å². The van der Waals surface area contributed by atoms with Gasteiger partial charge in [0.1, 0.15) is 0 Å². The van der Waals surface area contributed by atoms with Gasteiger partial charge in [-0.25, -0.2) is 0 Å². The van der Waals surface area contributed by atoms with Gasteiger partial charge in [0.15, 0.2) is 0 Å². The van der Waals surface area contributed by atoms with Crippen LogP contribution < -0.4 is 5.32 Å². The number of aryl methyl sites for hydroxylation is 2. The molecule has 2 rings (SSSR count). The Bertz CT molecular complexity index is 678. The summed E-state index contributed by atoms with van der Waals surface area (Å²) in [5.74, 6) is -0.720. The topological polar surface area (TPSA) is 67.2 Å². The number of carbonyl (C=O) groups is 2. The van der Waals surface area contributed by atoms with E-state index in [0.717, 1.165) is 5.69 Å². The molecule has 0 aromatic carbocycles. The molecular weight excluding hydrogens is 349 g/mol. The number of carbonyl (C=O) groups excluding carboxylic acids is 2. The minimum absolute atomic E-state index is 0.0888. The molecule has 1 fully saturated rings. The molecule has 0 atom stereocenters. The lowest BCUT2D eigenvalue weighted by Gasteiger charge is -2.41. The van der Waals surface area contributed by atoms with Gasteiger partial charge in [-0.05, 0) is 33.6 Å². The second-order valence-corrected chi connectivity index (χ2v) is 6.78. The first-order valence-corrected chi connectivity index (χ1v) is 8.70. The molecule has 1 heterocycles. The molecule has 1 aromatic heterocycles. The van der Waals surface area contributed by atoms with Gasteiger partial charge >= 0.3 is 6.18 Å². The Balaban J connectivity index is 1.84. The van der Waals surface area contributed by atoms with Gasteiger partial charge in [-0.2, -0.15) is 18.3 Å². The maximum atomic E-state index is 12.5. The first kappa shape index (κ1) is 20.3. The molecule has 1 saturated carbocycles. The zero-order valence-corrected chi connectivity index (χ0v) is 15.5. The second-order valence-electron chi connectivity index (χ2n) is 6.78. The molecule has 1 N–H and O–H groups in total. The molecule has 0 spiro atoms. The van der Waals surface area contributed by atoms with E-state index in [1.165, 1.54) is 11.9 Å². The Morgan fingerprint density at radius 1 is 1.31 bits per heavy atom. The summed E-state index contributed by atoms with van der Waals surface area (Å²) in [6.07, 6.45) is -4.89. The summed E-state index contributed by atoms with van der Waals surface area (Å²) in [5, 5.41) is 7.24. The van der Waals surface area contributed by atoms with Crippen LogP contribution in [-0.2, 0) is 11.3 Å². The molecule has 0 radical (unpaired) electrons. The first-order valence-electron chi connectivity index (χ1n) is 8.70. The van der Waals surface area contributed by atoms with Crippen molar-refractivity contribution in [3.05, 3.63) is 17.0 Å². The van der Waals surface area contributed by atoms with Crippen molar-refractivity contribution >= 4 is 11.8 Å². The fourth-order valence-corrected chi connectivity index (χ4v) is 3.24. The molecule has 0 saturated heterocycles. The van der Waals surface area contributed by atoms with Gasteiger partial charge in [0.2, 0.25) is 5.91 Å². The zero-order valence-electron chi connectivity index (χ0n) is 15.5. The van der Waals surface area contributed by atoms with Gasteiger partial charge in [-0.1, -0.05) is 0 Å². The molecule has 26 heavy (non-hydrogen) atoms. The minimum Gasteiger partial charge on any atom is -0.349 e. The maximum absolute atomic E-state index is 12.5. The van der Waals surface area contributed by atoms with Crippen LogP contribution in [0.15, 0.2) is 0 Å². The van der Waals surface area contributed by atoms with Gasteiger partial charge in [0.05, 0.1) is 17.7 Å². The summed E-state index contributed by atoms with van der Waals surface area (Å²) < 4.78 is 38.4. The molecule has 0 bridgehead atoms. The predicted octanol–water partition coefficient (Wildman–Crippen LogP) is 2.58. The number of nitrogens with one attached hydrogen (secondary N) is 1. The van der Waals surface area contributed by atoms with Crippen molar-refractivity contribution in [2.24, 2.45) is 0 Å². The molecule has 1 aliphatic carbocycles. The summed E-state index contributed by atoms with van der Waals surface area (Å²) in [7, 11) is 1.51. The van der Waals surface area contributed by atoms with Gasteiger partial charge < -0.3 is 10.2 Å². The molecule has 1 aromatic rings. The fourth-order valence-electron chi connectivity index (χ4n) is 3.24. The van der Waals surface area contributed by atoms with Crippen molar-refractivity contribution in [3.8, 4) is 0 Å². The number of alkyl halides is 3. The predicted molar refractivity (Wildman–Crippen MR) is 89.7 cm³/mol. The Morgan fingerprint density at radius 2 is 1.92 bits per heavy atom. The smallest absolute Gasteiger partial charge is 0.349 e. The molecule has 9 heteroatoms. The van der Waals surface area contributed by atoms with Crippen LogP contribution in [0.4, 0.5) is 13.2 Å².